The van der Waals surface area contributed by atoms with Gasteiger partial charge in [0.05, 0.1) is 12.0 Å². The first-order chi connectivity index (χ1) is 7.43. The number of rotatable bonds is 4. The molecule has 1 rings (SSSR count). The molecule has 0 bridgehead atoms. The van der Waals surface area contributed by atoms with Gasteiger partial charge in [-0.15, -0.1) is 0 Å². The molecule has 5 heteroatoms. The predicted molar refractivity (Wildman–Crippen MR) is 66.3 cm³/mol. The Morgan fingerprint density at radius 2 is 2.31 bits per heavy atom. The molecule has 0 saturated heterocycles. The summed E-state index contributed by atoms with van der Waals surface area (Å²) in [5.41, 5.74) is -0.462. The number of aromatic nitrogens is 1. The zero-order valence-electron chi connectivity index (χ0n) is 9.58. The van der Waals surface area contributed by atoms with E-state index in [4.69, 9.17) is 4.74 Å². The molecule has 1 N–H and O–H groups in total. The highest BCUT2D eigenvalue weighted by Gasteiger charge is 2.21. The van der Waals surface area contributed by atoms with Crippen LogP contribution >= 0.6 is 15.9 Å². The number of halogens is 1. The largest absolute Gasteiger partial charge is 0.378 e. The molecule has 4 nitrogen and oxygen atoms in total. The molecule has 0 aromatic carbocycles. The van der Waals surface area contributed by atoms with Gasteiger partial charge in [0.25, 0.3) is 0 Å². The summed E-state index contributed by atoms with van der Waals surface area (Å²) in [4.78, 5) is 15.7. The second-order valence-corrected chi connectivity index (χ2v) is 4.96. The maximum atomic E-state index is 11.7. The highest BCUT2D eigenvalue weighted by atomic mass is 79.9. The minimum Gasteiger partial charge on any atom is -0.378 e. The molecule has 0 atom stereocenters. The first-order valence-corrected chi connectivity index (χ1v) is 5.69. The zero-order chi connectivity index (χ0) is 12.2. The van der Waals surface area contributed by atoms with Gasteiger partial charge in [-0.3, -0.25) is 4.79 Å². The van der Waals surface area contributed by atoms with Gasteiger partial charge < -0.3 is 10.1 Å². The Kier molecular flexibility index (Phi) is 4.44. The number of methoxy groups -OCH3 is 1. The normalized spacial score (nSPS) is 11.2. The molecule has 0 fully saturated rings. The van der Waals surface area contributed by atoms with Gasteiger partial charge in [-0.1, -0.05) is 15.9 Å². The molecule has 1 heterocycles. The lowest BCUT2D eigenvalue weighted by Gasteiger charge is -2.21. The van der Waals surface area contributed by atoms with E-state index < -0.39 is 5.60 Å². The first kappa shape index (κ1) is 13.1. The summed E-state index contributed by atoms with van der Waals surface area (Å²) >= 11 is 3.31. The van der Waals surface area contributed by atoms with Gasteiger partial charge >= 0.3 is 0 Å². The van der Waals surface area contributed by atoms with Gasteiger partial charge in [-0.2, -0.15) is 0 Å². The van der Waals surface area contributed by atoms with Crippen LogP contribution in [0.15, 0.2) is 22.8 Å². The number of pyridine rings is 1. The molecule has 0 aliphatic rings. The Balaban J connectivity index is 2.59. The third kappa shape index (κ3) is 4.28. The van der Waals surface area contributed by atoms with Crippen molar-refractivity contribution < 1.29 is 9.53 Å². The standard InChI is InChI=1S/C11H15BrN2O2/c1-11(2,16-3)7-10(15)14-9-6-8(12)4-5-13-9/h4-6H,7H2,1-3H3,(H,13,14,15). The molecule has 1 aromatic heterocycles. The van der Waals surface area contributed by atoms with Crippen molar-refractivity contribution in [3.05, 3.63) is 22.8 Å². The molecule has 88 valence electrons. The third-order valence-electron chi connectivity index (χ3n) is 2.13. The molecular formula is C11H15BrN2O2. The van der Waals surface area contributed by atoms with Gasteiger partial charge in [0.1, 0.15) is 5.82 Å². The van der Waals surface area contributed by atoms with E-state index in [1.807, 2.05) is 13.8 Å². The molecule has 0 aliphatic carbocycles. The minimum absolute atomic E-state index is 0.113. The second-order valence-electron chi connectivity index (χ2n) is 4.05. The van der Waals surface area contributed by atoms with Crippen LogP contribution in [0, 0.1) is 0 Å². The summed E-state index contributed by atoms with van der Waals surface area (Å²) in [5, 5.41) is 2.71. The molecule has 0 saturated carbocycles. The van der Waals surface area contributed by atoms with Crippen LogP contribution in [0.2, 0.25) is 0 Å². The highest BCUT2D eigenvalue weighted by molar-refractivity contribution is 9.10. The molecule has 0 radical (unpaired) electrons. The number of amides is 1. The van der Waals surface area contributed by atoms with Crippen molar-refractivity contribution in [2.45, 2.75) is 25.9 Å². The van der Waals surface area contributed by atoms with Crippen LogP contribution in [0.4, 0.5) is 5.82 Å². The van der Waals surface area contributed by atoms with Crippen molar-refractivity contribution in [3.8, 4) is 0 Å². The fraction of sp³-hybridized carbons (Fsp3) is 0.455. The van der Waals surface area contributed by atoms with Gasteiger partial charge in [0.2, 0.25) is 5.91 Å². The van der Waals surface area contributed by atoms with E-state index in [0.29, 0.717) is 5.82 Å². The number of hydrogen-bond acceptors (Lipinski definition) is 3. The van der Waals surface area contributed by atoms with Crippen LogP contribution in [0.5, 0.6) is 0 Å². The topological polar surface area (TPSA) is 51.2 Å². The minimum atomic E-state index is -0.462. The predicted octanol–water partition coefficient (Wildman–Crippen LogP) is 2.60. The number of nitrogens with one attached hydrogen (secondary N) is 1. The summed E-state index contributed by atoms with van der Waals surface area (Å²) < 4.78 is 6.06. The Bertz CT molecular complexity index is 380. The van der Waals surface area contributed by atoms with Gasteiger partial charge in [-0.05, 0) is 26.0 Å². The molecule has 0 unspecified atom stereocenters. The number of carbonyl (C=O) groups excluding carboxylic acids is 1. The molecule has 1 amide bonds. The van der Waals surface area contributed by atoms with E-state index in [0.717, 1.165) is 4.47 Å². The monoisotopic (exact) mass is 286 g/mol. The van der Waals surface area contributed by atoms with Gasteiger partial charge in [0, 0.05) is 17.8 Å². The fourth-order valence-electron chi connectivity index (χ4n) is 1.12. The van der Waals surface area contributed by atoms with Crippen molar-refractivity contribution in [1.82, 2.24) is 4.98 Å². The van der Waals surface area contributed by atoms with Crippen LogP contribution in [0.1, 0.15) is 20.3 Å². The summed E-state index contributed by atoms with van der Waals surface area (Å²) in [6, 6.07) is 3.55. The summed E-state index contributed by atoms with van der Waals surface area (Å²) in [7, 11) is 1.59. The van der Waals surface area contributed by atoms with Gasteiger partial charge in [-0.25, -0.2) is 4.98 Å². The summed E-state index contributed by atoms with van der Waals surface area (Å²) in [6.07, 6.45) is 1.92. The fourth-order valence-corrected chi connectivity index (χ4v) is 1.45. The third-order valence-corrected chi connectivity index (χ3v) is 2.62. The van der Waals surface area contributed by atoms with Crippen molar-refractivity contribution >= 4 is 27.7 Å². The summed E-state index contributed by atoms with van der Waals surface area (Å²) in [5.74, 6) is 0.420. The smallest absolute Gasteiger partial charge is 0.228 e. The number of carbonyl (C=O) groups is 1. The first-order valence-electron chi connectivity index (χ1n) is 4.89. The Morgan fingerprint density at radius 1 is 1.62 bits per heavy atom. The Morgan fingerprint density at radius 3 is 2.88 bits per heavy atom. The SMILES string of the molecule is COC(C)(C)CC(=O)Nc1cc(Br)ccn1. The van der Waals surface area contributed by atoms with E-state index in [2.05, 4.69) is 26.2 Å². The van der Waals surface area contributed by atoms with Crippen LogP contribution in [-0.2, 0) is 9.53 Å². The van der Waals surface area contributed by atoms with E-state index in [-0.39, 0.29) is 12.3 Å². The second kappa shape index (κ2) is 5.41. The lowest BCUT2D eigenvalue weighted by molar-refractivity contribution is -0.121. The number of nitrogens with zero attached hydrogens (tertiary/aromatic N) is 1. The zero-order valence-corrected chi connectivity index (χ0v) is 11.2. The van der Waals surface area contributed by atoms with Gasteiger partial charge in [0.15, 0.2) is 0 Å². The Hall–Kier alpha value is -0.940. The molecule has 16 heavy (non-hydrogen) atoms. The quantitative estimate of drug-likeness (QED) is 0.926. The number of anilines is 1. The molecule has 0 spiro atoms. The maximum Gasteiger partial charge on any atom is 0.228 e. The van der Waals surface area contributed by atoms with Crippen molar-refractivity contribution in [3.63, 3.8) is 0 Å². The molecular weight excluding hydrogens is 272 g/mol. The van der Waals surface area contributed by atoms with Crippen LogP contribution < -0.4 is 5.32 Å². The van der Waals surface area contributed by atoms with Crippen molar-refractivity contribution in [2.75, 3.05) is 12.4 Å². The van der Waals surface area contributed by atoms with E-state index >= 15 is 0 Å². The van der Waals surface area contributed by atoms with Crippen molar-refractivity contribution in [2.24, 2.45) is 0 Å². The number of ether oxygens (including phenoxy) is 1. The lowest BCUT2D eigenvalue weighted by atomic mass is 10.1. The van der Waals surface area contributed by atoms with Crippen LogP contribution in [0.3, 0.4) is 0 Å². The van der Waals surface area contributed by atoms with Crippen LogP contribution in [-0.4, -0.2) is 23.6 Å². The molecule has 0 aliphatic heterocycles. The van der Waals surface area contributed by atoms with Crippen LogP contribution in [0.25, 0.3) is 0 Å². The van der Waals surface area contributed by atoms with E-state index in [1.165, 1.54) is 0 Å². The van der Waals surface area contributed by atoms with E-state index in [1.54, 1.807) is 25.4 Å². The Labute approximate surface area is 104 Å². The lowest BCUT2D eigenvalue weighted by Crippen LogP contribution is -2.29. The van der Waals surface area contributed by atoms with Crippen molar-refractivity contribution in [1.29, 1.82) is 0 Å². The highest BCUT2D eigenvalue weighted by Crippen LogP contribution is 2.16. The molecule has 1 aromatic rings. The van der Waals surface area contributed by atoms with E-state index in [9.17, 15) is 4.79 Å². The summed E-state index contributed by atoms with van der Waals surface area (Å²) in [6.45, 7) is 3.72. The average Bonchev–Trinajstić information content (AvgIpc) is 2.16. The number of hydrogen-bond donors (Lipinski definition) is 1. The average molecular weight is 287 g/mol. The maximum absolute atomic E-state index is 11.7.